The third kappa shape index (κ3) is 6.40. The van der Waals surface area contributed by atoms with Crippen molar-refractivity contribution < 1.29 is 0 Å². The Bertz CT molecular complexity index is 4350. The van der Waals surface area contributed by atoms with Crippen LogP contribution in [0.5, 0.6) is 0 Å². The van der Waals surface area contributed by atoms with Crippen LogP contribution < -0.4 is 20.7 Å². The van der Waals surface area contributed by atoms with E-state index in [9.17, 15) is 0 Å². The Labute approximate surface area is 443 Å². The van der Waals surface area contributed by atoms with Gasteiger partial charge in [0.1, 0.15) is 0 Å². The molecule has 2 nitrogen and oxygen atoms in total. The minimum Gasteiger partial charge on any atom is -0.309 e. The molecule has 1 aliphatic rings. The summed E-state index contributed by atoms with van der Waals surface area (Å²) < 4.78 is 4.93. The molecule has 0 fully saturated rings. The first-order chi connectivity index (χ1) is 37.7. The van der Waals surface area contributed by atoms with E-state index in [2.05, 4.69) is 312 Å². The van der Waals surface area contributed by atoms with Crippen molar-refractivity contribution in [1.29, 1.82) is 0 Å². The van der Waals surface area contributed by atoms with E-state index in [1.165, 1.54) is 109 Å². The molecule has 356 valence electrons. The first-order valence-electron chi connectivity index (χ1n) is 26.4. The molecule has 0 saturated carbocycles. The fourth-order valence-corrected chi connectivity index (χ4v) is 18.2. The first kappa shape index (κ1) is 44.0. The van der Waals surface area contributed by atoms with Crippen molar-refractivity contribution in [2.24, 2.45) is 0 Å². The number of para-hydroxylation sites is 2. The Morgan fingerprint density at radius 3 is 1.34 bits per heavy atom. The highest BCUT2D eigenvalue weighted by Crippen LogP contribution is 2.57. The van der Waals surface area contributed by atoms with Crippen molar-refractivity contribution in [3.05, 3.63) is 326 Å². The summed E-state index contributed by atoms with van der Waals surface area (Å²) in [6.45, 7) is 0. The van der Waals surface area contributed by atoms with Crippen LogP contribution in [-0.4, -0.2) is 17.2 Å². The summed E-state index contributed by atoms with van der Waals surface area (Å²) in [5, 5.41) is 10.4. The molecule has 15 rings (SSSR count). The number of hydrogen-bond donors (Lipinski definition) is 0. The van der Waals surface area contributed by atoms with E-state index in [4.69, 9.17) is 0 Å². The maximum Gasteiger partial charge on any atom is 0.179 e. The van der Waals surface area contributed by atoms with Gasteiger partial charge in [0.25, 0.3) is 0 Å². The Morgan fingerprint density at radius 2 is 0.711 bits per heavy atom. The molecule has 12 aromatic carbocycles. The third-order valence-electron chi connectivity index (χ3n) is 16.6. The molecule has 0 amide bonds. The monoisotopic (exact) mass is 982 g/mol. The molecule has 0 unspecified atom stereocenters. The van der Waals surface area contributed by atoms with Crippen molar-refractivity contribution in [3.8, 4) is 33.6 Å². The van der Waals surface area contributed by atoms with Crippen molar-refractivity contribution in [2.45, 2.75) is 5.41 Å². The second-order valence-electron chi connectivity index (χ2n) is 20.3. The van der Waals surface area contributed by atoms with E-state index in [0.29, 0.717) is 0 Å². The van der Waals surface area contributed by atoms with Gasteiger partial charge < -0.3 is 9.13 Å². The smallest absolute Gasteiger partial charge is 0.179 e. The van der Waals surface area contributed by atoms with E-state index >= 15 is 0 Å². The van der Waals surface area contributed by atoms with E-state index in [-0.39, 0.29) is 0 Å². The Kier molecular flexibility index (Phi) is 10.2. The zero-order valence-electron chi connectivity index (χ0n) is 41.8. The van der Waals surface area contributed by atoms with Gasteiger partial charge in [-0.05, 0) is 120 Å². The van der Waals surface area contributed by atoms with Crippen LogP contribution in [0.1, 0.15) is 22.3 Å². The molecule has 76 heavy (non-hydrogen) atoms. The van der Waals surface area contributed by atoms with E-state index in [1.807, 2.05) is 0 Å². The molecule has 0 N–H and O–H groups in total. The molecule has 0 radical (unpaired) electrons. The second kappa shape index (κ2) is 17.6. The standard InChI is InChI=1S/C73H50N2Si/c1-6-23-52(24-7-1)73(53-25-8-2-9-26-53)66-37-19-16-33-61(66)64-49-51(41-47-67(64)73)60-36-22-40-71-72(60)63-35-18-21-39-69(63)75(71)55-44-48-70-65(50-55)62-34-17-20-38-68(62)74(70)54-42-45-59(46-43-54)76(56-27-10-3-11-28-56,57-29-12-4-13-30-57)58-31-14-5-15-32-58/h1-50H. The number of rotatable bonds is 9. The van der Waals surface area contributed by atoms with E-state index in [0.717, 1.165) is 11.4 Å². The number of fused-ring (bicyclic) bond motifs is 9. The quantitative estimate of drug-likeness (QED) is 0.101. The maximum absolute atomic E-state index is 2.69. The Morgan fingerprint density at radius 1 is 0.263 bits per heavy atom. The summed E-state index contributed by atoms with van der Waals surface area (Å²) in [4.78, 5) is 0. The molecule has 0 aliphatic heterocycles. The van der Waals surface area contributed by atoms with Gasteiger partial charge in [-0.2, -0.15) is 0 Å². The molecule has 0 saturated heterocycles. The third-order valence-corrected chi connectivity index (χ3v) is 21.4. The molecule has 0 atom stereocenters. The van der Waals surface area contributed by atoms with Crippen LogP contribution in [0.3, 0.4) is 0 Å². The molecule has 14 aromatic rings. The number of benzene rings is 12. The molecule has 0 bridgehead atoms. The molecule has 0 spiro atoms. The van der Waals surface area contributed by atoms with Crippen molar-refractivity contribution in [2.75, 3.05) is 0 Å². The Balaban J connectivity index is 0.881. The van der Waals surface area contributed by atoms with Gasteiger partial charge in [-0.15, -0.1) is 0 Å². The van der Waals surface area contributed by atoms with Gasteiger partial charge in [-0.1, -0.05) is 249 Å². The highest BCUT2D eigenvalue weighted by atomic mass is 28.3. The zero-order chi connectivity index (χ0) is 50.2. The normalized spacial score (nSPS) is 12.8. The van der Waals surface area contributed by atoms with Crippen LogP contribution >= 0.6 is 0 Å². The minimum atomic E-state index is -2.69. The summed E-state index contributed by atoms with van der Waals surface area (Å²) in [6.07, 6.45) is 0. The molecule has 1 aliphatic carbocycles. The largest absolute Gasteiger partial charge is 0.309 e. The summed E-state index contributed by atoms with van der Waals surface area (Å²) in [5.74, 6) is 0. The maximum atomic E-state index is 2.48. The van der Waals surface area contributed by atoms with E-state index < -0.39 is 13.5 Å². The van der Waals surface area contributed by atoms with Crippen LogP contribution in [-0.2, 0) is 5.41 Å². The second-order valence-corrected chi connectivity index (χ2v) is 24.1. The van der Waals surface area contributed by atoms with Gasteiger partial charge >= 0.3 is 0 Å². The minimum absolute atomic E-state index is 0.444. The average molecular weight is 983 g/mol. The fraction of sp³-hybridized carbons (Fsp3) is 0.0137. The lowest BCUT2D eigenvalue weighted by molar-refractivity contribution is 0.768. The molecular weight excluding hydrogens is 933 g/mol. The van der Waals surface area contributed by atoms with Crippen LogP contribution in [0, 0.1) is 0 Å². The van der Waals surface area contributed by atoms with Crippen molar-refractivity contribution in [1.82, 2.24) is 9.13 Å². The predicted octanol–water partition coefficient (Wildman–Crippen LogP) is 15.3. The van der Waals surface area contributed by atoms with Gasteiger partial charge in [0.15, 0.2) is 8.07 Å². The van der Waals surface area contributed by atoms with Gasteiger partial charge in [-0.3, -0.25) is 0 Å². The van der Waals surface area contributed by atoms with Crippen LogP contribution in [0.2, 0.25) is 0 Å². The summed E-state index contributed by atoms with van der Waals surface area (Å²) in [6, 6.07) is 113. The molecule has 2 aromatic heterocycles. The molecule has 2 heterocycles. The van der Waals surface area contributed by atoms with Crippen LogP contribution in [0.4, 0.5) is 0 Å². The van der Waals surface area contributed by atoms with Crippen LogP contribution in [0.25, 0.3) is 77.2 Å². The van der Waals surface area contributed by atoms with Gasteiger partial charge in [-0.25, -0.2) is 0 Å². The van der Waals surface area contributed by atoms with Gasteiger partial charge in [0.05, 0.1) is 27.5 Å². The molecular formula is C73H50N2Si. The highest BCUT2D eigenvalue weighted by molar-refractivity contribution is 7.19. The number of nitrogens with zero attached hydrogens (tertiary/aromatic N) is 2. The van der Waals surface area contributed by atoms with Crippen molar-refractivity contribution in [3.63, 3.8) is 0 Å². The summed E-state index contributed by atoms with van der Waals surface area (Å²) in [5.41, 5.74) is 16.8. The van der Waals surface area contributed by atoms with Gasteiger partial charge in [0.2, 0.25) is 0 Å². The first-order valence-corrected chi connectivity index (χ1v) is 28.4. The number of aromatic nitrogens is 2. The lowest BCUT2D eigenvalue weighted by Gasteiger charge is -2.34. The summed E-state index contributed by atoms with van der Waals surface area (Å²) in [7, 11) is -2.69. The lowest BCUT2D eigenvalue weighted by Crippen LogP contribution is -2.74. The zero-order valence-corrected chi connectivity index (χ0v) is 42.8. The average Bonchev–Trinajstić information content (AvgIpc) is 4.29. The lowest BCUT2D eigenvalue weighted by atomic mass is 9.67. The number of hydrogen-bond acceptors (Lipinski definition) is 0. The molecule has 3 heteroatoms. The van der Waals surface area contributed by atoms with Gasteiger partial charge in [0, 0.05) is 32.9 Å². The predicted molar refractivity (Wildman–Crippen MR) is 321 cm³/mol. The summed E-state index contributed by atoms with van der Waals surface area (Å²) >= 11 is 0. The van der Waals surface area contributed by atoms with E-state index in [1.54, 1.807) is 0 Å². The fourth-order valence-electron chi connectivity index (χ4n) is 13.5. The highest BCUT2D eigenvalue weighted by Gasteiger charge is 2.46. The SMILES string of the molecule is c1ccc(C2(c3ccccc3)c3ccccc3-c3cc(-c4cccc5c4c4ccccc4n5-c4ccc5c(c4)c4ccccc4n5-c4ccc([Si](c5ccccc5)(c5ccccc5)c5ccccc5)cc4)ccc32)cc1. The topological polar surface area (TPSA) is 9.86 Å². The Hall–Kier alpha value is -9.54. The van der Waals surface area contributed by atoms with Crippen molar-refractivity contribution >= 4 is 72.4 Å². The van der Waals surface area contributed by atoms with Crippen LogP contribution in [0.15, 0.2) is 303 Å².